The molecule has 4 saturated carbocycles. The van der Waals surface area contributed by atoms with E-state index in [1.807, 2.05) is 23.1 Å². The van der Waals surface area contributed by atoms with Crippen LogP contribution in [0.2, 0.25) is 0 Å². The van der Waals surface area contributed by atoms with Crippen LogP contribution in [0.15, 0.2) is 35.5 Å². The lowest BCUT2D eigenvalue weighted by molar-refractivity contribution is -0.235. The van der Waals surface area contributed by atoms with E-state index >= 15 is 0 Å². The number of Topliss-reactive ketones (excluding diaryl/α,β-unsaturated/α-hetero) is 1. The molecule has 1 aromatic rings. The molecule has 4 N–H and O–H groups in total. The van der Waals surface area contributed by atoms with E-state index in [0.29, 0.717) is 31.2 Å². The summed E-state index contributed by atoms with van der Waals surface area (Å²) in [6, 6.07) is 5.66. The Morgan fingerprint density at radius 3 is 2.31 bits per heavy atom. The molecule has 6 rings (SSSR count). The van der Waals surface area contributed by atoms with Gasteiger partial charge in [0, 0.05) is 36.5 Å². The van der Waals surface area contributed by atoms with Crippen molar-refractivity contribution in [3.05, 3.63) is 41.2 Å². The van der Waals surface area contributed by atoms with Crippen LogP contribution < -0.4 is 5.73 Å². The lowest BCUT2D eigenvalue weighted by Gasteiger charge is -2.72. The Hall–Kier alpha value is -3.11. The number of hydrogen-bond acceptors (Lipinski definition) is 8. The molecule has 0 bridgehead atoms. The van der Waals surface area contributed by atoms with Crippen LogP contribution in [0.4, 0.5) is 0 Å². The number of pyridine rings is 1. The van der Waals surface area contributed by atoms with Gasteiger partial charge in [0.05, 0.1) is 30.2 Å². The number of ether oxygens (including phenoxy) is 1. The molecule has 0 spiro atoms. The van der Waals surface area contributed by atoms with Crippen LogP contribution in [0, 0.1) is 56.2 Å². The van der Waals surface area contributed by atoms with Gasteiger partial charge in [-0.2, -0.15) is 0 Å². The summed E-state index contributed by atoms with van der Waals surface area (Å²) in [5.41, 5.74) is 6.37. The number of carboxylic acid groups (broad SMARTS) is 1. The fourth-order valence-electron chi connectivity index (χ4n) is 13.5. The van der Waals surface area contributed by atoms with Crippen molar-refractivity contribution >= 4 is 23.6 Å². The van der Waals surface area contributed by atoms with Gasteiger partial charge in [-0.1, -0.05) is 60.1 Å². The van der Waals surface area contributed by atoms with Crippen LogP contribution in [0.1, 0.15) is 132 Å². The van der Waals surface area contributed by atoms with Gasteiger partial charge in [-0.05, 0) is 123 Å². The number of primary amides is 1. The fourth-order valence-corrected chi connectivity index (χ4v) is 13.5. The molecule has 0 aliphatic heterocycles. The number of rotatable bonds is 12. The maximum absolute atomic E-state index is 14.2. The minimum absolute atomic E-state index is 0.00881. The molecule has 0 saturated heterocycles. The van der Waals surface area contributed by atoms with E-state index < -0.39 is 34.8 Å². The van der Waals surface area contributed by atoms with Crippen LogP contribution in [-0.2, 0) is 30.5 Å². The molecule has 0 radical (unpaired) electrons. The third-order valence-corrected chi connectivity index (χ3v) is 16.4. The number of esters is 1. The zero-order valence-electron chi connectivity index (χ0n) is 34.9. The van der Waals surface area contributed by atoms with E-state index in [0.717, 1.165) is 56.2 Å². The average Bonchev–Trinajstić information content (AvgIpc) is 3.39. The smallest absolute Gasteiger partial charge is 0.309 e. The zero-order valence-corrected chi connectivity index (χ0v) is 34.9. The summed E-state index contributed by atoms with van der Waals surface area (Å²) < 4.78 is 6.16. The van der Waals surface area contributed by atoms with E-state index in [9.17, 15) is 29.4 Å². The van der Waals surface area contributed by atoms with Crippen LogP contribution in [0.25, 0.3) is 0 Å². The fraction of sp³-hybridized carbons (Fsp3) is 0.756. The quantitative estimate of drug-likeness (QED) is 0.189. The van der Waals surface area contributed by atoms with Crippen LogP contribution >= 0.6 is 0 Å². The lowest BCUT2D eigenvalue weighted by Crippen LogP contribution is -2.66. The van der Waals surface area contributed by atoms with Crippen molar-refractivity contribution in [1.82, 2.24) is 9.88 Å². The molecule has 0 aromatic carbocycles. The van der Waals surface area contributed by atoms with E-state index in [-0.39, 0.29) is 64.9 Å². The molecule has 1 amide bonds. The summed E-state index contributed by atoms with van der Waals surface area (Å²) >= 11 is 0. The number of aliphatic carboxylic acids is 1. The zero-order chi connectivity index (χ0) is 40.5. The molecular weight excluding hydrogens is 695 g/mol. The summed E-state index contributed by atoms with van der Waals surface area (Å²) in [6.07, 6.45) is 8.07. The van der Waals surface area contributed by atoms with Gasteiger partial charge in [0.1, 0.15) is 6.10 Å². The molecule has 5 aliphatic rings. The van der Waals surface area contributed by atoms with E-state index in [1.54, 1.807) is 20.0 Å². The summed E-state index contributed by atoms with van der Waals surface area (Å²) in [5.74, 6) is -0.800. The highest BCUT2D eigenvalue weighted by Crippen LogP contribution is 2.77. The third-order valence-electron chi connectivity index (χ3n) is 16.4. The summed E-state index contributed by atoms with van der Waals surface area (Å²) in [6.45, 7) is 20.0. The van der Waals surface area contributed by atoms with Gasteiger partial charge in [-0.15, -0.1) is 0 Å². The molecule has 10 nitrogen and oxygen atoms in total. The molecule has 10 heteroatoms. The molecule has 1 aromatic heterocycles. The molecule has 55 heavy (non-hydrogen) atoms. The first-order chi connectivity index (χ1) is 25.5. The number of fused-ring (bicyclic) bond motifs is 7. The molecule has 304 valence electrons. The Labute approximate surface area is 328 Å². The first-order valence-corrected chi connectivity index (χ1v) is 20.8. The van der Waals surface area contributed by atoms with E-state index in [4.69, 9.17) is 10.5 Å². The molecular formula is C45H67N3O7. The largest absolute Gasteiger partial charge is 0.481 e. The summed E-state index contributed by atoms with van der Waals surface area (Å²) in [4.78, 5) is 57.7. The van der Waals surface area contributed by atoms with Gasteiger partial charge in [0.25, 0.3) is 0 Å². The number of aromatic nitrogens is 1. The highest BCUT2D eigenvalue weighted by Gasteiger charge is 2.71. The number of aliphatic hydroxyl groups is 1. The third kappa shape index (κ3) is 6.79. The number of allylic oxidation sites excluding steroid dienone is 1. The average molecular weight is 762 g/mol. The van der Waals surface area contributed by atoms with Crippen molar-refractivity contribution in [2.75, 3.05) is 13.1 Å². The highest BCUT2D eigenvalue weighted by molar-refractivity contribution is 6.00. The number of aliphatic hydroxyl groups excluding tert-OH is 1. The molecule has 1 heterocycles. The number of nitrogens with zero attached hydrogens (tertiary/aromatic N) is 2. The van der Waals surface area contributed by atoms with Gasteiger partial charge in [-0.25, -0.2) is 0 Å². The molecule has 9 unspecified atom stereocenters. The second kappa shape index (κ2) is 14.4. The second-order valence-corrected chi connectivity index (χ2v) is 20.5. The maximum Gasteiger partial charge on any atom is 0.309 e. The van der Waals surface area contributed by atoms with Crippen LogP contribution in [0.5, 0.6) is 0 Å². The van der Waals surface area contributed by atoms with Crippen molar-refractivity contribution in [2.24, 2.45) is 61.9 Å². The lowest BCUT2D eigenvalue weighted by atomic mass is 9.33. The van der Waals surface area contributed by atoms with Crippen molar-refractivity contribution in [3.8, 4) is 0 Å². The first-order valence-electron chi connectivity index (χ1n) is 20.8. The van der Waals surface area contributed by atoms with E-state index in [1.165, 1.54) is 5.57 Å². The van der Waals surface area contributed by atoms with Crippen molar-refractivity contribution in [1.29, 1.82) is 0 Å². The van der Waals surface area contributed by atoms with Gasteiger partial charge in [-0.3, -0.25) is 29.1 Å². The van der Waals surface area contributed by atoms with Crippen molar-refractivity contribution < 1.29 is 34.1 Å². The topological polar surface area (TPSA) is 160 Å². The Bertz CT molecular complexity index is 1720. The number of ketones is 1. The number of carbonyl (C=O) groups is 4. The number of amides is 1. The van der Waals surface area contributed by atoms with E-state index in [2.05, 4.69) is 53.5 Å². The number of hydrogen-bond donors (Lipinski definition) is 3. The Morgan fingerprint density at radius 1 is 0.982 bits per heavy atom. The molecule has 4 fully saturated rings. The highest BCUT2D eigenvalue weighted by atomic mass is 16.5. The monoisotopic (exact) mass is 761 g/mol. The summed E-state index contributed by atoms with van der Waals surface area (Å²) in [5, 5.41) is 22.1. The van der Waals surface area contributed by atoms with Crippen molar-refractivity contribution in [3.63, 3.8) is 0 Å². The van der Waals surface area contributed by atoms with Gasteiger partial charge < -0.3 is 20.7 Å². The Balaban J connectivity index is 1.29. The van der Waals surface area contributed by atoms with Crippen LogP contribution in [-0.4, -0.2) is 69.0 Å². The minimum atomic E-state index is -1.18. The van der Waals surface area contributed by atoms with Gasteiger partial charge in [0.15, 0.2) is 5.78 Å². The standard InChI is InChI=1S/C45H67N3O7/c1-27(2)37-30(49)22-45(33(50)25-48(26-35(46)51)24-28-12-10-11-21-47-28)20-19-43(8)29(38(37)45)13-14-32-42(7)17-16-34(55-36(52)23-40(3,4)39(53)54)41(5,6)31(42)15-18-44(32,43)9/h10-12,21,27,29,31-34,50H,13-20,22-26H2,1-9H3,(H2,46,51)(H,53,54). The predicted octanol–water partition coefficient (Wildman–Crippen LogP) is 7.12. The normalized spacial score (nSPS) is 36.1. The molecule has 9 atom stereocenters. The SMILES string of the molecule is CC(C)C1=C2C3CCC4C5(C)CCC(OC(=O)CC(C)(C)C(=O)O)C(C)(C)C5CCC4(C)C3(C)CCC2(C(O)CN(CC(N)=O)Cc2ccccn2)CC1=O. The number of carboxylic acids is 1. The first kappa shape index (κ1) is 41.5. The van der Waals surface area contributed by atoms with Gasteiger partial charge in [0.2, 0.25) is 5.91 Å². The van der Waals surface area contributed by atoms with Gasteiger partial charge >= 0.3 is 11.9 Å². The molecule has 5 aliphatic carbocycles. The minimum Gasteiger partial charge on any atom is -0.481 e. The summed E-state index contributed by atoms with van der Waals surface area (Å²) in [7, 11) is 0. The number of carbonyl (C=O) groups excluding carboxylic acids is 3. The number of nitrogens with two attached hydrogens (primary N) is 1. The Kier molecular flexibility index (Phi) is 10.8. The maximum atomic E-state index is 14.2. The van der Waals surface area contributed by atoms with Crippen LogP contribution in [0.3, 0.4) is 0 Å². The predicted molar refractivity (Wildman–Crippen MR) is 210 cm³/mol. The van der Waals surface area contributed by atoms with Crippen molar-refractivity contribution in [2.45, 2.75) is 145 Å². The second-order valence-electron chi connectivity index (χ2n) is 20.5. The Morgan fingerprint density at radius 2 is 1.69 bits per heavy atom.